The van der Waals surface area contributed by atoms with E-state index in [9.17, 15) is 13.2 Å². The van der Waals surface area contributed by atoms with E-state index in [-0.39, 0.29) is 27.8 Å². The summed E-state index contributed by atoms with van der Waals surface area (Å²) in [6.45, 7) is 3.92. The molecule has 3 aromatic rings. The van der Waals surface area contributed by atoms with Gasteiger partial charge in [0.05, 0.1) is 17.9 Å². The number of aryl methyl sites for hydroxylation is 1. The highest BCUT2D eigenvalue weighted by molar-refractivity contribution is 7.92. The van der Waals surface area contributed by atoms with Crippen LogP contribution in [0.4, 0.5) is 11.4 Å². The minimum atomic E-state index is -3.94. The van der Waals surface area contributed by atoms with Crippen LogP contribution in [0.5, 0.6) is 17.2 Å². The summed E-state index contributed by atoms with van der Waals surface area (Å²) < 4.78 is 39.9. The monoisotopic (exact) mass is 424 g/mol. The van der Waals surface area contributed by atoms with E-state index >= 15 is 0 Å². The van der Waals surface area contributed by atoms with Gasteiger partial charge in [-0.15, -0.1) is 0 Å². The number of anilines is 2. The van der Waals surface area contributed by atoms with Gasteiger partial charge in [-0.2, -0.15) is 0 Å². The van der Waals surface area contributed by atoms with E-state index in [1.807, 2.05) is 0 Å². The molecule has 1 aliphatic rings. The standard InChI is InChI=1S/C22H20N2O5S/c1-3-28-20-10-8-14(2)12-21(20)30(26,27)24-15-9-11-18-16(13-15)22(25)23-17-6-4-5-7-19(17)29-18/h4-13,24H,3H2,1-2H3,(H,23,25). The first-order valence-electron chi connectivity index (χ1n) is 9.36. The molecule has 7 nitrogen and oxygen atoms in total. The van der Waals surface area contributed by atoms with Crippen LogP contribution in [0.1, 0.15) is 22.8 Å². The van der Waals surface area contributed by atoms with Crippen molar-refractivity contribution >= 4 is 27.3 Å². The molecule has 4 rings (SSSR count). The molecule has 0 aliphatic carbocycles. The number of amides is 1. The molecule has 154 valence electrons. The third kappa shape index (κ3) is 3.81. The van der Waals surface area contributed by atoms with Crippen molar-refractivity contribution in [1.29, 1.82) is 0 Å². The second-order valence-corrected chi connectivity index (χ2v) is 8.40. The number of para-hydroxylation sites is 2. The van der Waals surface area contributed by atoms with Crippen LogP contribution in [0.15, 0.2) is 65.6 Å². The topological polar surface area (TPSA) is 93.7 Å². The van der Waals surface area contributed by atoms with Crippen LogP contribution in [-0.2, 0) is 10.0 Å². The van der Waals surface area contributed by atoms with Crippen molar-refractivity contribution in [2.75, 3.05) is 16.6 Å². The van der Waals surface area contributed by atoms with E-state index in [0.29, 0.717) is 23.8 Å². The van der Waals surface area contributed by atoms with E-state index in [1.54, 1.807) is 68.4 Å². The maximum Gasteiger partial charge on any atom is 0.265 e. The lowest BCUT2D eigenvalue weighted by atomic mass is 10.1. The summed E-state index contributed by atoms with van der Waals surface area (Å²) in [5.74, 6) is 0.730. The van der Waals surface area contributed by atoms with Gasteiger partial charge in [0.15, 0.2) is 5.75 Å². The number of hydrogen-bond donors (Lipinski definition) is 2. The van der Waals surface area contributed by atoms with Crippen LogP contribution in [-0.4, -0.2) is 20.9 Å². The zero-order chi connectivity index (χ0) is 21.3. The number of rotatable bonds is 5. The molecule has 0 fully saturated rings. The molecule has 0 saturated carbocycles. The van der Waals surface area contributed by atoms with Gasteiger partial charge in [-0.25, -0.2) is 8.42 Å². The molecule has 3 aromatic carbocycles. The average molecular weight is 424 g/mol. The van der Waals surface area contributed by atoms with Crippen LogP contribution < -0.4 is 19.5 Å². The Hall–Kier alpha value is -3.52. The Morgan fingerprint density at radius 2 is 1.83 bits per heavy atom. The van der Waals surface area contributed by atoms with Gasteiger partial charge in [-0.3, -0.25) is 9.52 Å². The summed E-state index contributed by atoms with van der Waals surface area (Å²) in [4.78, 5) is 12.7. The quantitative estimate of drug-likeness (QED) is 0.627. The number of ether oxygens (including phenoxy) is 2. The molecule has 0 unspecified atom stereocenters. The van der Waals surface area contributed by atoms with Crippen molar-refractivity contribution in [2.45, 2.75) is 18.7 Å². The van der Waals surface area contributed by atoms with Gasteiger partial charge >= 0.3 is 0 Å². The number of hydrogen-bond acceptors (Lipinski definition) is 5. The highest BCUT2D eigenvalue weighted by Crippen LogP contribution is 2.37. The summed E-state index contributed by atoms with van der Waals surface area (Å²) in [7, 11) is -3.94. The summed E-state index contributed by atoms with van der Waals surface area (Å²) in [6, 6.07) is 16.6. The minimum absolute atomic E-state index is 0.0346. The van der Waals surface area contributed by atoms with Gasteiger partial charge in [0.25, 0.3) is 15.9 Å². The van der Waals surface area contributed by atoms with Crippen molar-refractivity contribution in [1.82, 2.24) is 0 Å². The maximum absolute atomic E-state index is 13.0. The summed E-state index contributed by atoms with van der Waals surface area (Å²) in [6.07, 6.45) is 0. The average Bonchev–Trinajstić information content (AvgIpc) is 2.85. The van der Waals surface area contributed by atoms with E-state index < -0.39 is 10.0 Å². The minimum Gasteiger partial charge on any atom is -0.492 e. The normalized spacial score (nSPS) is 12.7. The first-order valence-corrected chi connectivity index (χ1v) is 10.8. The lowest BCUT2D eigenvalue weighted by molar-refractivity contribution is 0.102. The Morgan fingerprint density at radius 3 is 2.63 bits per heavy atom. The number of nitrogens with one attached hydrogen (secondary N) is 2. The first-order chi connectivity index (χ1) is 14.4. The number of benzene rings is 3. The van der Waals surface area contributed by atoms with E-state index in [4.69, 9.17) is 9.47 Å². The van der Waals surface area contributed by atoms with Crippen molar-refractivity contribution in [3.8, 4) is 17.2 Å². The molecule has 0 aromatic heterocycles. The second-order valence-electron chi connectivity index (χ2n) is 6.75. The molecule has 1 aliphatic heterocycles. The van der Waals surface area contributed by atoms with E-state index in [2.05, 4.69) is 10.0 Å². The molecular formula is C22H20N2O5S. The highest BCUT2D eigenvalue weighted by atomic mass is 32.2. The maximum atomic E-state index is 13.0. The Balaban J connectivity index is 1.68. The molecule has 0 saturated heterocycles. The number of carbonyl (C=O) groups is 1. The van der Waals surface area contributed by atoms with Crippen LogP contribution >= 0.6 is 0 Å². The molecule has 30 heavy (non-hydrogen) atoms. The van der Waals surface area contributed by atoms with Gasteiger partial charge in [-0.1, -0.05) is 18.2 Å². The zero-order valence-electron chi connectivity index (χ0n) is 16.4. The Kier molecular flexibility index (Phi) is 5.09. The van der Waals surface area contributed by atoms with Crippen molar-refractivity contribution in [3.63, 3.8) is 0 Å². The van der Waals surface area contributed by atoms with E-state index in [1.165, 1.54) is 6.07 Å². The number of fused-ring (bicyclic) bond motifs is 2. The van der Waals surface area contributed by atoms with Crippen molar-refractivity contribution in [2.24, 2.45) is 0 Å². The molecule has 8 heteroatoms. The SMILES string of the molecule is CCOc1ccc(C)cc1S(=O)(=O)Nc1ccc2c(c1)C(=O)Nc1ccccc1O2. The van der Waals surface area contributed by atoms with Gasteiger partial charge < -0.3 is 14.8 Å². The zero-order valence-corrected chi connectivity index (χ0v) is 17.2. The van der Waals surface area contributed by atoms with Gasteiger partial charge in [-0.05, 0) is 61.9 Å². The molecular weight excluding hydrogens is 404 g/mol. The van der Waals surface area contributed by atoms with Gasteiger partial charge in [0.1, 0.15) is 16.4 Å². The van der Waals surface area contributed by atoms with Crippen LogP contribution in [0.25, 0.3) is 0 Å². The third-order valence-corrected chi connectivity index (χ3v) is 5.92. The van der Waals surface area contributed by atoms with Crippen LogP contribution in [0.3, 0.4) is 0 Å². The van der Waals surface area contributed by atoms with Crippen molar-refractivity contribution < 1.29 is 22.7 Å². The Bertz CT molecular complexity index is 1240. The smallest absolute Gasteiger partial charge is 0.265 e. The fourth-order valence-corrected chi connectivity index (χ4v) is 4.42. The predicted octanol–water partition coefficient (Wildman–Crippen LogP) is 4.55. The van der Waals surface area contributed by atoms with Crippen LogP contribution in [0.2, 0.25) is 0 Å². The molecule has 0 radical (unpaired) electrons. The fraction of sp³-hybridized carbons (Fsp3) is 0.136. The number of sulfonamides is 1. The molecule has 0 atom stereocenters. The summed E-state index contributed by atoms with van der Waals surface area (Å²) in [5, 5.41) is 2.77. The fourth-order valence-electron chi connectivity index (χ4n) is 3.14. The Labute approximate surface area is 174 Å². The second kappa shape index (κ2) is 7.72. The molecule has 2 N–H and O–H groups in total. The summed E-state index contributed by atoms with van der Waals surface area (Å²) in [5.41, 5.74) is 1.79. The lowest BCUT2D eigenvalue weighted by Gasteiger charge is -2.14. The van der Waals surface area contributed by atoms with Gasteiger partial charge in [0.2, 0.25) is 0 Å². The lowest BCUT2D eigenvalue weighted by Crippen LogP contribution is -2.16. The largest absolute Gasteiger partial charge is 0.492 e. The predicted molar refractivity (Wildman–Crippen MR) is 114 cm³/mol. The molecule has 1 amide bonds. The van der Waals surface area contributed by atoms with Crippen molar-refractivity contribution in [3.05, 3.63) is 71.8 Å². The molecule has 1 heterocycles. The summed E-state index contributed by atoms with van der Waals surface area (Å²) >= 11 is 0. The third-order valence-electron chi connectivity index (χ3n) is 4.52. The Morgan fingerprint density at radius 1 is 1.03 bits per heavy atom. The number of carbonyl (C=O) groups excluding carboxylic acids is 1. The van der Waals surface area contributed by atoms with E-state index in [0.717, 1.165) is 5.56 Å². The highest BCUT2D eigenvalue weighted by Gasteiger charge is 2.24. The van der Waals surface area contributed by atoms with Crippen LogP contribution in [0, 0.1) is 6.92 Å². The molecule has 0 spiro atoms. The van der Waals surface area contributed by atoms with Gasteiger partial charge in [0, 0.05) is 5.69 Å². The molecule has 0 bridgehead atoms. The first kappa shape index (κ1) is 19.8.